The molecule has 0 heterocycles. The lowest BCUT2D eigenvalue weighted by atomic mass is 9.92. The first kappa shape index (κ1) is 19.3. The van der Waals surface area contributed by atoms with Crippen molar-refractivity contribution in [2.75, 3.05) is 12.4 Å². The van der Waals surface area contributed by atoms with Crippen LogP contribution < -0.4 is 0 Å². The Bertz CT molecular complexity index is 199. The third-order valence-electron chi connectivity index (χ3n) is 3.70. The van der Waals surface area contributed by atoms with Crippen LogP contribution in [0.4, 0.5) is 0 Å². The zero-order valence-corrected chi connectivity index (χ0v) is 14.1. The Balaban J connectivity index is 4.02. The summed E-state index contributed by atoms with van der Waals surface area (Å²) in [5.74, 6) is 0.473. The fourth-order valence-corrected chi connectivity index (χ4v) is 2.38. The van der Waals surface area contributed by atoms with Crippen molar-refractivity contribution in [2.45, 2.75) is 90.3 Å². The van der Waals surface area contributed by atoms with Crippen LogP contribution in [0.5, 0.6) is 0 Å². The van der Waals surface area contributed by atoms with Crippen LogP contribution in [0.25, 0.3) is 0 Å². The molecule has 2 nitrogen and oxygen atoms in total. The Hall–Kier alpha value is 0.270. The van der Waals surface area contributed by atoms with Crippen LogP contribution in [0.15, 0.2) is 0 Å². The summed E-state index contributed by atoms with van der Waals surface area (Å²) in [5.41, 5.74) is -0.0633. The minimum atomic E-state index is -0.440. The highest BCUT2D eigenvalue weighted by Crippen LogP contribution is 2.26. The van der Waals surface area contributed by atoms with Gasteiger partial charge in [0.15, 0.2) is 0 Å². The normalized spacial score (nSPS) is 16.3. The second kappa shape index (κ2) is 12.0. The van der Waals surface area contributed by atoms with Crippen LogP contribution in [0.3, 0.4) is 0 Å². The van der Waals surface area contributed by atoms with Gasteiger partial charge < -0.3 is 9.84 Å². The summed E-state index contributed by atoms with van der Waals surface area (Å²) in [4.78, 5) is 0. The van der Waals surface area contributed by atoms with Gasteiger partial charge in [-0.15, -0.1) is 0 Å². The molecule has 0 aliphatic carbocycles. The average molecular weight is 291 g/mol. The minimum Gasteiger partial charge on any atom is -0.390 e. The Labute approximate surface area is 125 Å². The molecule has 2 atom stereocenters. The molecule has 0 aromatic carbocycles. The quantitative estimate of drug-likeness (QED) is 0.383. The predicted octanol–water partition coefficient (Wildman–Crippen LogP) is 4.60. The topological polar surface area (TPSA) is 29.5 Å². The van der Waals surface area contributed by atoms with Gasteiger partial charge in [0, 0.05) is 5.75 Å². The average Bonchev–Trinajstić information content (AvgIpc) is 2.42. The largest absolute Gasteiger partial charge is 0.390 e. The molecule has 0 saturated heterocycles. The van der Waals surface area contributed by atoms with Crippen molar-refractivity contribution in [3.8, 4) is 0 Å². The van der Waals surface area contributed by atoms with Crippen molar-refractivity contribution >= 4 is 12.6 Å². The number of thiol groups is 1. The van der Waals surface area contributed by atoms with Gasteiger partial charge in [0.2, 0.25) is 0 Å². The van der Waals surface area contributed by atoms with E-state index in [9.17, 15) is 5.11 Å². The molecule has 0 aliphatic rings. The lowest BCUT2D eigenvalue weighted by molar-refractivity contribution is -0.0757. The van der Waals surface area contributed by atoms with E-state index in [1.807, 2.05) is 0 Å². The van der Waals surface area contributed by atoms with Crippen LogP contribution in [-0.4, -0.2) is 29.2 Å². The zero-order valence-electron chi connectivity index (χ0n) is 13.2. The van der Waals surface area contributed by atoms with Crippen molar-refractivity contribution in [1.82, 2.24) is 0 Å². The summed E-state index contributed by atoms with van der Waals surface area (Å²) in [6.07, 6.45) is 10.6. The number of ether oxygens (including phenoxy) is 1. The van der Waals surface area contributed by atoms with Crippen LogP contribution >= 0.6 is 12.6 Å². The van der Waals surface area contributed by atoms with E-state index in [1.165, 1.54) is 44.9 Å². The Morgan fingerprint density at radius 1 is 1.00 bits per heavy atom. The number of aliphatic hydroxyl groups is 1. The molecule has 116 valence electrons. The molecule has 1 N–H and O–H groups in total. The zero-order chi connectivity index (χ0) is 14.6. The molecule has 19 heavy (non-hydrogen) atoms. The maximum Gasteiger partial charge on any atom is 0.0861 e. The summed E-state index contributed by atoms with van der Waals surface area (Å²) >= 11 is 4.09. The van der Waals surface area contributed by atoms with Gasteiger partial charge >= 0.3 is 0 Å². The third kappa shape index (κ3) is 10.7. The monoisotopic (exact) mass is 290 g/mol. The Morgan fingerprint density at radius 2 is 1.58 bits per heavy atom. The first-order valence-electron chi connectivity index (χ1n) is 8.01. The summed E-state index contributed by atoms with van der Waals surface area (Å²) < 4.78 is 5.99. The van der Waals surface area contributed by atoms with Crippen molar-refractivity contribution in [1.29, 1.82) is 0 Å². The van der Waals surface area contributed by atoms with Gasteiger partial charge in [-0.25, -0.2) is 0 Å². The van der Waals surface area contributed by atoms with E-state index in [4.69, 9.17) is 4.74 Å². The van der Waals surface area contributed by atoms with Crippen LogP contribution in [0.2, 0.25) is 0 Å². The molecule has 2 unspecified atom stereocenters. The second-order valence-corrected chi connectivity index (χ2v) is 6.23. The van der Waals surface area contributed by atoms with Gasteiger partial charge in [-0.2, -0.15) is 12.6 Å². The molecule has 0 saturated carbocycles. The number of unbranched alkanes of at least 4 members (excludes halogenated alkanes) is 5. The molecule has 0 rings (SSSR count). The number of rotatable bonds is 13. The van der Waals surface area contributed by atoms with Gasteiger partial charge in [0.05, 0.1) is 18.3 Å². The van der Waals surface area contributed by atoms with E-state index >= 15 is 0 Å². The fourth-order valence-electron chi connectivity index (χ4n) is 2.27. The smallest absolute Gasteiger partial charge is 0.0861 e. The van der Waals surface area contributed by atoms with Crippen molar-refractivity contribution in [2.24, 2.45) is 0 Å². The van der Waals surface area contributed by atoms with E-state index < -0.39 is 6.10 Å². The number of hydrogen-bond acceptors (Lipinski definition) is 3. The van der Waals surface area contributed by atoms with Gasteiger partial charge in [-0.3, -0.25) is 0 Å². The molecule has 0 aromatic rings. The molecule has 0 bridgehead atoms. The lowest BCUT2D eigenvalue weighted by Gasteiger charge is -2.31. The molecular weight excluding hydrogens is 256 g/mol. The van der Waals surface area contributed by atoms with Crippen molar-refractivity contribution in [3.63, 3.8) is 0 Å². The first-order valence-corrected chi connectivity index (χ1v) is 8.64. The van der Waals surface area contributed by atoms with Crippen LogP contribution in [0, 0.1) is 0 Å². The summed E-state index contributed by atoms with van der Waals surface area (Å²) in [6.45, 7) is 7.07. The molecule has 0 radical (unpaired) electrons. The van der Waals surface area contributed by atoms with Crippen LogP contribution in [-0.2, 0) is 4.74 Å². The highest BCUT2D eigenvalue weighted by atomic mass is 32.1. The van der Waals surface area contributed by atoms with Crippen molar-refractivity contribution in [3.05, 3.63) is 0 Å². The van der Waals surface area contributed by atoms with E-state index in [-0.39, 0.29) is 5.60 Å². The fraction of sp³-hybridized carbons (Fsp3) is 1.00. The number of hydrogen-bond donors (Lipinski definition) is 2. The van der Waals surface area contributed by atoms with Crippen LogP contribution in [0.1, 0.15) is 78.6 Å². The molecule has 0 aromatic heterocycles. The Kier molecular flexibility index (Phi) is 12.2. The second-order valence-electron chi connectivity index (χ2n) is 5.87. The summed E-state index contributed by atoms with van der Waals surface area (Å²) in [5, 5.41) is 9.59. The molecule has 0 amide bonds. The maximum absolute atomic E-state index is 9.59. The highest BCUT2D eigenvalue weighted by Gasteiger charge is 2.24. The third-order valence-corrected chi connectivity index (χ3v) is 4.12. The lowest BCUT2D eigenvalue weighted by Crippen LogP contribution is -2.33. The van der Waals surface area contributed by atoms with Gasteiger partial charge in [-0.1, -0.05) is 58.8 Å². The predicted molar refractivity (Wildman–Crippen MR) is 87.1 cm³/mol. The van der Waals surface area contributed by atoms with E-state index in [0.29, 0.717) is 12.4 Å². The SMILES string of the molecule is CCCCCCCC(C)(CCCC)OCC(O)CS. The molecule has 0 fully saturated rings. The van der Waals surface area contributed by atoms with Gasteiger partial charge in [0.1, 0.15) is 0 Å². The van der Waals surface area contributed by atoms with Crippen molar-refractivity contribution < 1.29 is 9.84 Å². The van der Waals surface area contributed by atoms with Gasteiger partial charge in [-0.05, 0) is 19.8 Å². The molecule has 0 spiro atoms. The number of aliphatic hydroxyl groups excluding tert-OH is 1. The molecular formula is C16H34O2S. The first-order chi connectivity index (χ1) is 9.08. The van der Waals surface area contributed by atoms with E-state index in [2.05, 4.69) is 33.4 Å². The minimum absolute atomic E-state index is 0.0633. The Morgan fingerprint density at radius 3 is 2.16 bits per heavy atom. The van der Waals surface area contributed by atoms with Gasteiger partial charge in [0.25, 0.3) is 0 Å². The maximum atomic E-state index is 9.59. The summed E-state index contributed by atoms with van der Waals surface area (Å²) in [6, 6.07) is 0. The van der Waals surface area contributed by atoms with E-state index in [1.54, 1.807) is 0 Å². The molecule has 3 heteroatoms. The van der Waals surface area contributed by atoms with E-state index in [0.717, 1.165) is 12.8 Å². The standard InChI is InChI=1S/C16H34O2S/c1-4-6-8-9-10-12-16(3,11-7-5-2)18-13-15(17)14-19/h15,17,19H,4-14H2,1-3H3. The summed E-state index contributed by atoms with van der Waals surface area (Å²) in [7, 11) is 0. The highest BCUT2D eigenvalue weighted by molar-refractivity contribution is 7.80. The molecule has 0 aliphatic heterocycles.